The van der Waals surface area contributed by atoms with Gasteiger partial charge in [-0.15, -0.1) is 11.8 Å². The van der Waals surface area contributed by atoms with Gasteiger partial charge in [0.25, 0.3) is 0 Å². The minimum atomic E-state index is -0.496. The Hall–Kier alpha value is -2.54. The molecule has 0 unspecified atom stereocenters. The lowest BCUT2D eigenvalue weighted by Gasteiger charge is -2.24. The van der Waals surface area contributed by atoms with Gasteiger partial charge < -0.3 is 15.4 Å². The third kappa shape index (κ3) is 3.99. The van der Waals surface area contributed by atoms with Crippen molar-refractivity contribution in [3.05, 3.63) is 53.8 Å². The number of ether oxygens (including phenoxy) is 1. The maximum absolute atomic E-state index is 13.8. The molecule has 1 aliphatic rings. The molecule has 1 aliphatic heterocycles. The third-order valence-electron chi connectivity index (χ3n) is 4.13. The van der Waals surface area contributed by atoms with Crippen LogP contribution in [0.3, 0.4) is 0 Å². The van der Waals surface area contributed by atoms with E-state index < -0.39 is 11.1 Å². The first kappa shape index (κ1) is 18.3. The summed E-state index contributed by atoms with van der Waals surface area (Å²) < 4.78 is 18.7. The van der Waals surface area contributed by atoms with E-state index in [4.69, 9.17) is 4.74 Å². The van der Waals surface area contributed by atoms with Crippen LogP contribution in [-0.2, 0) is 9.59 Å². The van der Waals surface area contributed by atoms with Crippen LogP contribution in [0.25, 0.3) is 0 Å². The van der Waals surface area contributed by atoms with Gasteiger partial charge in [0.2, 0.25) is 11.8 Å². The predicted octanol–water partition coefficient (Wildman–Crippen LogP) is 3.51. The van der Waals surface area contributed by atoms with Crippen LogP contribution < -0.4 is 15.4 Å². The van der Waals surface area contributed by atoms with Crippen LogP contribution >= 0.6 is 11.8 Å². The molecular weight excluding hydrogens is 355 g/mol. The van der Waals surface area contributed by atoms with Gasteiger partial charge in [0.1, 0.15) is 0 Å². The quantitative estimate of drug-likeness (QED) is 0.840. The Bertz CT molecular complexity index is 843. The molecule has 136 valence electrons. The molecule has 0 spiro atoms. The van der Waals surface area contributed by atoms with Gasteiger partial charge in [-0.25, -0.2) is 4.39 Å². The van der Waals surface area contributed by atoms with Crippen LogP contribution in [-0.4, -0.2) is 24.2 Å². The Labute approximate surface area is 155 Å². The summed E-state index contributed by atoms with van der Waals surface area (Å²) >= 11 is 1.37. The zero-order valence-electron chi connectivity index (χ0n) is 14.4. The zero-order valence-corrected chi connectivity index (χ0v) is 15.2. The highest BCUT2D eigenvalue weighted by Gasteiger charge is 2.29. The summed E-state index contributed by atoms with van der Waals surface area (Å²) in [5.41, 5.74) is 1.39. The van der Waals surface area contributed by atoms with Crippen LogP contribution in [0, 0.1) is 5.82 Å². The molecular formula is C19H19FN2O3S. The number of fused-ring (bicyclic) bond motifs is 1. The molecule has 26 heavy (non-hydrogen) atoms. The van der Waals surface area contributed by atoms with Crippen LogP contribution in [0.5, 0.6) is 5.75 Å². The fourth-order valence-electron chi connectivity index (χ4n) is 2.73. The molecule has 0 bridgehead atoms. The Balaban J connectivity index is 1.62. The molecule has 3 rings (SSSR count). The Kier molecular flexibility index (Phi) is 5.46. The van der Waals surface area contributed by atoms with Crippen LogP contribution in [0.1, 0.15) is 24.9 Å². The molecule has 2 aromatic rings. The van der Waals surface area contributed by atoms with E-state index in [1.807, 2.05) is 24.3 Å². The van der Waals surface area contributed by atoms with E-state index in [-0.39, 0.29) is 30.0 Å². The monoisotopic (exact) mass is 374 g/mol. The number of methoxy groups -OCH3 is 1. The van der Waals surface area contributed by atoms with E-state index in [2.05, 4.69) is 10.6 Å². The van der Waals surface area contributed by atoms with Crippen molar-refractivity contribution in [1.82, 2.24) is 5.32 Å². The van der Waals surface area contributed by atoms with E-state index in [1.54, 1.807) is 13.0 Å². The first-order valence-corrected chi connectivity index (χ1v) is 9.05. The summed E-state index contributed by atoms with van der Waals surface area (Å²) in [6, 6.07) is 11.7. The van der Waals surface area contributed by atoms with Crippen LogP contribution in [0.15, 0.2) is 47.4 Å². The number of carbonyl (C=O) groups excluding carboxylic acids is 2. The van der Waals surface area contributed by atoms with E-state index in [0.29, 0.717) is 5.56 Å². The molecule has 0 saturated heterocycles. The lowest BCUT2D eigenvalue weighted by Crippen LogP contribution is -2.35. The highest BCUT2D eigenvalue weighted by atomic mass is 32.2. The average Bonchev–Trinajstić information content (AvgIpc) is 2.62. The third-order valence-corrected chi connectivity index (χ3v) is 5.41. The number of halogens is 1. The summed E-state index contributed by atoms with van der Waals surface area (Å²) in [6.07, 6.45) is 0.0494. The second-order valence-corrected chi connectivity index (χ2v) is 7.22. The fourth-order valence-corrected chi connectivity index (χ4v) is 3.84. The van der Waals surface area contributed by atoms with Gasteiger partial charge in [-0.2, -0.15) is 0 Å². The molecule has 2 N–H and O–H groups in total. The maximum Gasteiger partial charge on any atom is 0.238 e. The number of hydrogen-bond acceptors (Lipinski definition) is 4. The van der Waals surface area contributed by atoms with Gasteiger partial charge in [-0.05, 0) is 36.8 Å². The molecule has 2 atom stereocenters. The van der Waals surface area contributed by atoms with E-state index in [1.165, 1.54) is 31.0 Å². The molecule has 2 amide bonds. The first-order valence-electron chi connectivity index (χ1n) is 8.17. The summed E-state index contributed by atoms with van der Waals surface area (Å²) in [7, 11) is 1.40. The number of rotatable bonds is 5. The summed E-state index contributed by atoms with van der Waals surface area (Å²) in [5.74, 6) is -0.779. The van der Waals surface area contributed by atoms with Gasteiger partial charge in [0, 0.05) is 11.3 Å². The van der Waals surface area contributed by atoms with Crippen molar-refractivity contribution < 1.29 is 18.7 Å². The standard InChI is InChI=1S/C19H19FN2O3S/c1-11(12-7-8-15(25-2)13(20)9-12)21-18(23)10-17-19(24)22-14-5-3-4-6-16(14)26-17/h3-9,11,17H,10H2,1-2H3,(H,21,23)(H,22,24)/t11-,17+/m1/s1. The van der Waals surface area contributed by atoms with Crippen molar-refractivity contribution >= 4 is 29.3 Å². The van der Waals surface area contributed by atoms with Crippen molar-refractivity contribution in [1.29, 1.82) is 0 Å². The number of benzene rings is 2. The number of para-hydroxylation sites is 1. The van der Waals surface area contributed by atoms with Crippen LogP contribution in [0.2, 0.25) is 0 Å². The highest BCUT2D eigenvalue weighted by Crippen LogP contribution is 2.36. The van der Waals surface area contributed by atoms with Crippen molar-refractivity contribution in [2.45, 2.75) is 29.5 Å². The number of hydrogen-bond donors (Lipinski definition) is 2. The van der Waals surface area contributed by atoms with Crippen molar-refractivity contribution in [3.63, 3.8) is 0 Å². The Morgan fingerprint density at radius 1 is 1.35 bits per heavy atom. The molecule has 0 saturated carbocycles. The molecule has 0 fully saturated rings. The SMILES string of the molecule is COc1ccc([C@@H](C)NC(=O)C[C@@H]2Sc3ccccc3NC2=O)cc1F. The van der Waals surface area contributed by atoms with Gasteiger partial charge in [0.05, 0.1) is 24.1 Å². The fraction of sp³-hybridized carbons (Fsp3) is 0.263. The van der Waals surface area contributed by atoms with Crippen molar-refractivity contribution in [2.24, 2.45) is 0 Å². The average molecular weight is 374 g/mol. The molecule has 0 radical (unpaired) electrons. The Morgan fingerprint density at radius 2 is 2.12 bits per heavy atom. The number of amides is 2. The lowest BCUT2D eigenvalue weighted by atomic mass is 10.1. The van der Waals surface area contributed by atoms with Gasteiger partial charge in [-0.1, -0.05) is 18.2 Å². The van der Waals surface area contributed by atoms with E-state index >= 15 is 0 Å². The number of nitrogens with one attached hydrogen (secondary N) is 2. The summed E-state index contributed by atoms with van der Waals surface area (Å²) in [6.45, 7) is 1.77. The highest BCUT2D eigenvalue weighted by molar-refractivity contribution is 8.01. The van der Waals surface area contributed by atoms with Crippen LogP contribution in [0.4, 0.5) is 10.1 Å². The molecule has 1 heterocycles. The summed E-state index contributed by atoms with van der Waals surface area (Å²) in [4.78, 5) is 25.5. The van der Waals surface area contributed by atoms with Crippen molar-refractivity contribution in [2.75, 3.05) is 12.4 Å². The van der Waals surface area contributed by atoms with Gasteiger partial charge >= 0.3 is 0 Å². The number of carbonyl (C=O) groups is 2. The molecule has 0 aliphatic carbocycles. The largest absolute Gasteiger partial charge is 0.494 e. The maximum atomic E-state index is 13.8. The number of thioether (sulfide) groups is 1. The van der Waals surface area contributed by atoms with Gasteiger partial charge in [0.15, 0.2) is 11.6 Å². The predicted molar refractivity (Wildman–Crippen MR) is 98.8 cm³/mol. The first-order chi connectivity index (χ1) is 12.5. The molecule has 0 aromatic heterocycles. The van der Waals surface area contributed by atoms with E-state index in [9.17, 15) is 14.0 Å². The number of anilines is 1. The topological polar surface area (TPSA) is 67.4 Å². The van der Waals surface area contributed by atoms with E-state index in [0.717, 1.165) is 10.6 Å². The second kappa shape index (κ2) is 7.78. The normalized spacial score (nSPS) is 17.0. The molecule has 5 nitrogen and oxygen atoms in total. The second-order valence-electron chi connectivity index (χ2n) is 5.98. The molecule has 2 aromatic carbocycles. The minimum Gasteiger partial charge on any atom is -0.494 e. The minimum absolute atomic E-state index is 0.0494. The molecule has 7 heteroatoms. The van der Waals surface area contributed by atoms with Gasteiger partial charge in [-0.3, -0.25) is 9.59 Å². The Morgan fingerprint density at radius 3 is 2.85 bits per heavy atom. The smallest absolute Gasteiger partial charge is 0.238 e. The zero-order chi connectivity index (χ0) is 18.7. The summed E-state index contributed by atoms with van der Waals surface area (Å²) in [5, 5.41) is 5.13. The van der Waals surface area contributed by atoms with Crippen molar-refractivity contribution in [3.8, 4) is 5.75 Å². The lowest BCUT2D eigenvalue weighted by molar-refractivity contribution is -0.124.